The highest BCUT2D eigenvalue weighted by molar-refractivity contribution is 8.00. The molecule has 0 saturated carbocycles. The Morgan fingerprint density at radius 1 is 2.00 bits per heavy atom. The molecule has 0 aliphatic carbocycles. The highest BCUT2D eigenvalue weighted by Gasteiger charge is 2.04. The van der Waals surface area contributed by atoms with E-state index in [2.05, 4.69) is 10.8 Å². The van der Waals surface area contributed by atoms with Crippen LogP contribution in [0.4, 0.5) is 0 Å². The minimum absolute atomic E-state index is 0.190. The highest BCUT2D eigenvalue weighted by atomic mass is 32.2. The van der Waals surface area contributed by atoms with Crippen LogP contribution in [0.25, 0.3) is 0 Å². The van der Waals surface area contributed by atoms with Gasteiger partial charge in [0.05, 0.1) is 6.07 Å². The van der Waals surface area contributed by atoms with Gasteiger partial charge in [-0.1, -0.05) is 11.9 Å². The maximum Gasteiger partial charge on any atom is 0.131 e. The maximum absolute atomic E-state index is 8.16. The summed E-state index contributed by atoms with van der Waals surface area (Å²) >= 11 is 1.40. The summed E-state index contributed by atoms with van der Waals surface area (Å²) in [4.78, 5) is 0. The van der Waals surface area contributed by atoms with Crippen molar-refractivity contribution in [2.45, 2.75) is 6.04 Å². The summed E-state index contributed by atoms with van der Waals surface area (Å²) in [5.74, 6) is 0. The van der Waals surface area contributed by atoms with Crippen molar-refractivity contribution in [3.8, 4) is 6.07 Å². The summed E-state index contributed by atoms with van der Waals surface area (Å²) in [6.07, 6.45) is 2.77. The van der Waals surface area contributed by atoms with Crippen LogP contribution in [0.1, 0.15) is 0 Å². The number of hydrogen-bond donors (Lipinski definition) is 1. The van der Waals surface area contributed by atoms with Crippen molar-refractivity contribution in [2.24, 2.45) is 0 Å². The van der Waals surface area contributed by atoms with E-state index in [0.29, 0.717) is 0 Å². The van der Waals surface area contributed by atoms with Gasteiger partial charge >= 0.3 is 0 Å². The monoisotopic (exact) mass is 111 g/mol. The molecule has 1 aliphatic heterocycles. The zero-order valence-corrected chi connectivity index (χ0v) is 4.33. The molecule has 0 bridgehead atoms. The summed E-state index contributed by atoms with van der Waals surface area (Å²) in [6.45, 7) is 0. The number of nitrogens with zero attached hydrogens (tertiary/aromatic N) is 1. The van der Waals surface area contributed by atoms with Crippen molar-refractivity contribution in [1.82, 2.24) is 4.72 Å². The average Bonchev–Trinajstić information content (AvgIpc) is 2.14. The standard InChI is InChI=1S/C4H3N2S/c5-3-4-1-2-7-6-4/h2,4,6H. The Kier molecular flexibility index (Phi) is 1.35. The van der Waals surface area contributed by atoms with E-state index in [1.807, 2.05) is 6.07 Å². The summed E-state index contributed by atoms with van der Waals surface area (Å²) in [7, 11) is 0. The van der Waals surface area contributed by atoms with Crippen LogP contribution in [-0.2, 0) is 0 Å². The molecule has 1 atom stereocenters. The third-order valence-electron chi connectivity index (χ3n) is 0.609. The molecule has 3 heteroatoms. The first-order valence-corrected chi connectivity index (χ1v) is 2.70. The summed E-state index contributed by atoms with van der Waals surface area (Å²) in [5, 5.41) is 9.90. The minimum Gasteiger partial charge on any atom is -0.240 e. The Labute approximate surface area is 46.3 Å². The molecule has 1 heterocycles. The van der Waals surface area contributed by atoms with Crippen molar-refractivity contribution in [2.75, 3.05) is 0 Å². The van der Waals surface area contributed by atoms with E-state index < -0.39 is 0 Å². The predicted molar refractivity (Wildman–Crippen MR) is 27.9 cm³/mol. The molecule has 1 unspecified atom stereocenters. The van der Waals surface area contributed by atoms with Crippen LogP contribution in [-0.4, -0.2) is 6.04 Å². The Hall–Kier alpha value is -0.460. The van der Waals surface area contributed by atoms with Gasteiger partial charge in [0.15, 0.2) is 0 Å². The lowest BCUT2D eigenvalue weighted by atomic mass is 10.4. The van der Waals surface area contributed by atoms with E-state index in [9.17, 15) is 0 Å². The largest absolute Gasteiger partial charge is 0.240 e. The molecule has 2 nitrogen and oxygen atoms in total. The molecule has 0 aromatic carbocycles. The third kappa shape index (κ3) is 0.952. The van der Waals surface area contributed by atoms with Crippen LogP contribution in [0, 0.1) is 17.4 Å². The number of hydrogen-bond acceptors (Lipinski definition) is 3. The first-order valence-electron chi connectivity index (χ1n) is 1.82. The van der Waals surface area contributed by atoms with Gasteiger partial charge in [0.25, 0.3) is 0 Å². The Morgan fingerprint density at radius 2 is 2.86 bits per heavy atom. The van der Waals surface area contributed by atoms with Gasteiger partial charge in [0, 0.05) is 0 Å². The minimum atomic E-state index is -0.190. The summed E-state index contributed by atoms with van der Waals surface area (Å²) < 4.78 is 2.80. The van der Waals surface area contributed by atoms with Crippen LogP contribution in [0.15, 0.2) is 5.41 Å². The van der Waals surface area contributed by atoms with E-state index >= 15 is 0 Å². The molecule has 0 fully saturated rings. The molecular formula is C4H3N2S. The lowest BCUT2D eigenvalue weighted by Crippen LogP contribution is -2.12. The molecule has 0 aromatic heterocycles. The average molecular weight is 111 g/mol. The second-order valence-corrected chi connectivity index (χ2v) is 1.79. The Morgan fingerprint density at radius 3 is 3.14 bits per heavy atom. The van der Waals surface area contributed by atoms with Crippen molar-refractivity contribution in [3.63, 3.8) is 0 Å². The fraction of sp³-hybridized carbons (Fsp3) is 0.250. The van der Waals surface area contributed by atoms with Gasteiger partial charge in [-0.3, -0.25) is 0 Å². The van der Waals surface area contributed by atoms with Gasteiger partial charge in [0.1, 0.15) is 6.04 Å². The zero-order chi connectivity index (χ0) is 5.11. The van der Waals surface area contributed by atoms with Crippen LogP contribution >= 0.6 is 11.9 Å². The van der Waals surface area contributed by atoms with Crippen LogP contribution in [0.5, 0.6) is 0 Å². The van der Waals surface area contributed by atoms with Gasteiger partial charge in [-0.25, -0.2) is 4.72 Å². The van der Waals surface area contributed by atoms with E-state index in [1.165, 1.54) is 11.9 Å². The second-order valence-electron chi connectivity index (χ2n) is 1.08. The molecule has 1 radical (unpaired) electrons. The fourth-order valence-electron chi connectivity index (χ4n) is 0.302. The molecule has 0 amide bonds. The topological polar surface area (TPSA) is 35.8 Å². The molecule has 1 N–H and O–H groups in total. The van der Waals surface area contributed by atoms with Crippen molar-refractivity contribution in [1.29, 1.82) is 5.26 Å². The van der Waals surface area contributed by atoms with Gasteiger partial charge in [0.2, 0.25) is 0 Å². The quantitative estimate of drug-likeness (QED) is 0.461. The van der Waals surface area contributed by atoms with Gasteiger partial charge in [-0.2, -0.15) is 5.26 Å². The summed E-state index contributed by atoms with van der Waals surface area (Å²) in [5.41, 5.74) is 0. The molecule has 1 aliphatic rings. The normalized spacial score (nSPS) is 27.6. The molecule has 1 rings (SSSR count). The SMILES string of the molecule is N#CC1[C]=CSN1. The molecule has 7 heavy (non-hydrogen) atoms. The van der Waals surface area contributed by atoms with Crippen molar-refractivity contribution < 1.29 is 0 Å². The van der Waals surface area contributed by atoms with Gasteiger partial charge in [-0.15, -0.1) is 0 Å². The highest BCUT2D eigenvalue weighted by Crippen LogP contribution is 2.05. The molecule has 0 spiro atoms. The predicted octanol–water partition coefficient (Wildman–Crippen LogP) is 0.447. The first kappa shape index (κ1) is 4.69. The van der Waals surface area contributed by atoms with Crippen LogP contribution in [0.2, 0.25) is 0 Å². The van der Waals surface area contributed by atoms with Crippen LogP contribution < -0.4 is 4.72 Å². The lowest BCUT2D eigenvalue weighted by molar-refractivity contribution is 0.951. The number of nitrogens with one attached hydrogen (secondary N) is 1. The summed E-state index contributed by atoms with van der Waals surface area (Å²) in [6, 6.07) is 1.80. The Balaban J connectivity index is 2.47. The van der Waals surface area contributed by atoms with Crippen LogP contribution in [0.3, 0.4) is 0 Å². The number of nitriles is 1. The first-order chi connectivity index (χ1) is 3.43. The molecule has 35 valence electrons. The maximum atomic E-state index is 8.16. The van der Waals surface area contributed by atoms with Crippen molar-refractivity contribution >= 4 is 11.9 Å². The Bertz CT molecular complexity index is 124. The van der Waals surface area contributed by atoms with Crippen molar-refractivity contribution in [3.05, 3.63) is 11.5 Å². The molecular weight excluding hydrogens is 108 g/mol. The zero-order valence-electron chi connectivity index (χ0n) is 3.51. The van der Waals surface area contributed by atoms with Gasteiger partial charge in [-0.05, 0) is 11.5 Å². The molecule has 0 saturated heterocycles. The smallest absolute Gasteiger partial charge is 0.131 e. The molecule has 0 aromatic rings. The fourth-order valence-corrected chi connectivity index (χ4v) is 0.831. The van der Waals surface area contributed by atoms with E-state index in [4.69, 9.17) is 5.26 Å². The van der Waals surface area contributed by atoms with Gasteiger partial charge < -0.3 is 0 Å². The second kappa shape index (κ2) is 2.01. The van der Waals surface area contributed by atoms with E-state index in [0.717, 1.165) is 0 Å². The number of rotatable bonds is 0. The third-order valence-corrected chi connectivity index (χ3v) is 1.23. The lowest BCUT2D eigenvalue weighted by Gasteiger charge is -1.89. The van der Waals surface area contributed by atoms with E-state index in [1.54, 1.807) is 5.41 Å². The van der Waals surface area contributed by atoms with E-state index in [-0.39, 0.29) is 6.04 Å².